The Balaban J connectivity index is 1.88. The lowest BCUT2D eigenvalue weighted by Gasteiger charge is -1.98. The molecule has 0 aromatic carbocycles. The first-order valence-corrected chi connectivity index (χ1v) is 8.96. The molecule has 2 aliphatic rings. The van der Waals surface area contributed by atoms with Gasteiger partial charge in [0, 0.05) is 28.3 Å². The normalized spacial score (nSPS) is 12.9. The fourth-order valence-corrected chi connectivity index (χ4v) is 3.37. The van der Waals surface area contributed by atoms with Crippen molar-refractivity contribution < 1.29 is 0 Å². The smallest absolute Gasteiger partial charge is 0.0658 e. The number of rotatable bonds is 1. The number of H-pyrrole nitrogens is 1. The highest BCUT2D eigenvalue weighted by Crippen LogP contribution is 2.19. The third-order valence-electron chi connectivity index (χ3n) is 4.57. The summed E-state index contributed by atoms with van der Waals surface area (Å²) in [5, 5.41) is 0. The van der Waals surface area contributed by atoms with E-state index in [1.807, 2.05) is 37.3 Å². The highest BCUT2D eigenvalue weighted by Gasteiger charge is 2.03. The van der Waals surface area contributed by atoms with E-state index >= 15 is 0 Å². The van der Waals surface area contributed by atoms with E-state index in [0.29, 0.717) is 0 Å². The van der Waals surface area contributed by atoms with E-state index in [0.717, 1.165) is 44.8 Å². The van der Waals surface area contributed by atoms with Crippen LogP contribution in [0.1, 0.15) is 29.7 Å². The highest BCUT2D eigenvalue weighted by atomic mass is 14.9. The molecule has 3 aromatic heterocycles. The second-order valence-corrected chi connectivity index (χ2v) is 6.57. The third-order valence-corrected chi connectivity index (χ3v) is 4.57. The van der Waals surface area contributed by atoms with Gasteiger partial charge in [-0.2, -0.15) is 0 Å². The Morgan fingerprint density at radius 2 is 1.19 bits per heavy atom. The van der Waals surface area contributed by atoms with Gasteiger partial charge in [-0.05, 0) is 79.8 Å². The van der Waals surface area contributed by atoms with Gasteiger partial charge < -0.3 is 9.55 Å². The number of hydrogen-bond donors (Lipinski definition) is 1. The molecule has 2 aliphatic heterocycles. The van der Waals surface area contributed by atoms with Crippen LogP contribution in [0.2, 0.25) is 0 Å². The van der Waals surface area contributed by atoms with Crippen LogP contribution in [0.3, 0.4) is 0 Å². The summed E-state index contributed by atoms with van der Waals surface area (Å²) >= 11 is 0. The van der Waals surface area contributed by atoms with Crippen LogP contribution in [0.25, 0.3) is 52.6 Å². The van der Waals surface area contributed by atoms with Gasteiger partial charge in [0.25, 0.3) is 0 Å². The minimum atomic E-state index is 0.936. The summed E-state index contributed by atoms with van der Waals surface area (Å²) in [6.07, 6.45) is 12.3. The molecule has 0 unspecified atom stereocenters. The molecule has 5 rings (SSSR count). The van der Waals surface area contributed by atoms with Crippen LogP contribution in [0.5, 0.6) is 0 Å². The predicted octanol–water partition coefficient (Wildman–Crippen LogP) is 5.62. The maximum atomic E-state index is 4.72. The van der Waals surface area contributed by atoms with Crippen molar-refractivity contribution in [3.63, 3.8) is 0 Å². The lowest BCUT2D eigenvalue weighted by molar-refractivity contribution is 1.25. The molecule has 27 heavy (non-hydrogen) atoms. The third kappa shape index (κ3) is 3.02. The van der Waals surface area contributed by atoms with Gasteiger partial charge in [-0.25, -0.2) is 9.97 Å². The predicted molar refractivity (Wildman–Crippen MR) is 114 cm³/mol. The van der Waals surface area contributed by atoms with E-state index in [4.69, 9.17) is 9.97 Å². The van der Waals surface area contributed by atoms with Crippen LogP contribution in [0.4, 0.5) is 0 Å². The van der Waals surface area contributed by atoms with Crippen molar-refractivity contribution in [2.24, 2.45) is 0 Å². The number of aromatic amines is 1. The first-order chi connectivity index (χ1) is 13.3. The molecule has 130 valence electrons. The van der Waals surface area contributed by atoms with Crippen LogP contribution in [0, 0.1) is 0 Å². The number of nitrogens with one attached hydrogen (secondary N) is 1. The summed E-state index contributed by atoms with van der Waals surface area (Å²) in [6, 6.07) is 16.6. The molecule has 5 heterocycles. The Kier molecular flexibility index (Phi) is 3.61. The van der Waals surface area contributed by atoms with E-state index in [1.165, 1.54) is 0 Å². The lowest BCUT2D eigenvalue weighted by atomic mass is 10.3. The zero-order chi connectivity index (χ0) is 18.2. The maximum absolute atomic E-state index is 4.72. The first kappa shape index (κ1) is 15.6. The summed E-state index contributed by atoms with van der Waals surface area (Å²) in [5.74, 6) is 0. The van der Waals surface area contributed by atoms with E-state index in [-0.39, 0.29) is 0 Å². The summed E-state index contributed by atoms with van der Waals surface area (Å²) in [4.78, 5) is 12.8. The SMILES string of the molecule is CC=Cn1c2ccc1cc1nc(cc3ccc(cc4nc(c2)C=C4)[nH]3)C=C1. The quantitative estimate of drug-likeness (QED) is 0.426. The Labute approximate surface area is 156 Å². The van der Waals surface area contributed by atoms with E-state index in [9.17, 15) is 0 Å². The number of aromatic nitrogens is 4. The van der Waals surface area contributed by atoms with Gasteiger partial charge in [-0.1, -0.05) is 6.08 Å². The summed E-state index contributed by atoms with van der Waals surface area (Å²) in [6.45, 7) is 2.02. The molecular formula is C23H18N4. The van der Waals surface area contributed by atoms with Crippen molar-refractivity contribution in [2.45, 2.75) is 6.92 Å². The molecule has 0 amide bonds. The van der Waals surface area contributed by atoms with Gasteiger partial charge in [-0.3, -0.25) is 0 Å². The minimum absolute atomic E-state index is 0.936. The molecule has 0 saturated carbocycles. The average Bonchev–Trinajstić information content (AvgIpc) is 3.42. The van der Waals surface area contributed by atoms with Crippen LogP contribution in [-0.2, 0) is 0 Å². The van der Waals surface area contributed by atoms with Crippen LogP contribution >= 0.6 is 0 Å². The van der Waals surface area contributed by atoms with Crippen molar-refractivity contribution >= 4 is 52.6 Å². The van der Waals surface area contributed by atoms with E-state index < -0.39 is 0 Å². The fourth-order valence-electron chi connectivity index (χ4n) is 3.37. The highest BCUT2D eigenvalue weighted by molar-refractivity contribution is 5.78. The summed E-state index contributed by atoms with van der Waals surface area (Å²) in [5.41, 5.74) is 7.96. The lowest BCUT2D eigenvalue weighted by Crippen LogP contribution is -1.85. The average molecular weight is 350 g/mol. The molecule has 1 N–H and O–H groups in total. The molecule has 0 saturated heterocycles. The first-order valence-electron chi connectivity index (χ1n) is 8.96. The summed E-state index contributed by atoms with van der Waals surface area (Å²) in [7, 11) is 0. The maximum Gasteiger partial charge on any atom is 0.0658 e. The number of allylic oxidation sites excluding steroid dienone is 1. The van der Waals surface area contributed by atoms with Crippen LogP contribution in [-0.4, -0.2) is 19.5 Å². The zero-order valence-electron chi connectivity index (χ0n) is 14.9. The Hall–Kier alpha value is -3.66. The van der Waals surface area contributed by atoms with Gasteiger partial charge in [0.2, 0.25) is 0 Å². The second-order valence-electron chi connectivity index (χ2n) is 6.57. The van der Waals surface area contributed by atoms with Gasteiger partial charge in [0.05, 0.1) is 22.8 Å². The van der Waals surface area contributed by atoms with Crippen molar-refractivity contribution in [2.75, 3.05) is 0 Å². The molecule has 0 spiro atoms. The van der Waals surface area contributed by atoms with E-state index in [1.54, 1.807) is 0 Å². The van der Waals surface area contributed by atoms with Crippen LogP contribution in [0.15, 0.2) is 54.6 Å². The number of fused-ring (bicyclic) bond motifs is 8. The molecular weight excluding hydrogens is 332 g/mol. The minimum Gasteiger partial charge on any atom is -0.355 e. The van der Waals surface area contributed by atoms with Gasteiger partial charge in [0.15, 0.2) is 0 Å². The van der Waals surface area contributed by atoms with Crippen molar-refractivity contribution in [1.29, 1.82) is 0 Å². The van der Waals surface area contributed by atoms with Gasteiger partial charge >= 0.3 is 0 Å². The molecule has 3 aromatic rings. The van der Waals surface area contributed by atoms with Gasteiger partial charge in [-0.15, -0.1) is 0 Å². The van der Waals surface area contributed by atoms with Gasteiger partial charge in [0.1, 0.15) is 0 Å². The molecule has 0 atom stereocenters. The van der Waals surface area contributed by atoms with Crippen LogP contribution < -0.4 is 0 Å². The Morgan fingerprint density at radius 3 is 1.67 bits per heavy atom. The van der Waals surface area contributed by atoms with Crippen molar-refractivity contribution in [1.82, 2.24) is 19.5 Å². The molecule has 0 fully saturated rings. The number of hydrogen-bond acceptors (Lipinski definition) is 2. The molecule has 4 nitrogen and oxygen atoms in total. The standard InChI is InChI=1S/C23H18N4/c1-2-11-27-22-9-10-23(27)15-21-8-6-19(26-21)13-17-4-3-16(24-17)12-18-5-7-20(14-22)25-18/h2-15,24H,1H3. The topological polar surface area (TPSA) is 46.5 Å². The number of nitrogens with zero attached hydrogens (tertiary/aromatic N) is 3. The largest absolute Gasteiger partial charge is 0.355 e. The molecule has 0 radical (unpaired) electrons. The van der Waals surface area contributed by atoms with Crippen molar-refractivity contribution in [3.05, 3.63) is 77.4 Å². The monoisotopic (exact) mass is 350 g/mol. The summed E-state index contributed by atoms with van der Waals surface area (Å²) < 4.78 is 2.15. The van der Waals surface area contributed by atoms with Crippen molar-refractivity contribution in [3.8, 4) is 0 Å². The Morgan fingerprint density at radius 1 is 0.704 bits per heavy atom. The second kappa shape index (κ2) is 6.25. The zero-order valence-corrected chi connectivity index (χ0v) is 14.9. The molecule has 4 heteroatoms. The molecule has 0 aliphatic carbocycles. The van der Waals surface area contributed by atoms with E-state index in [2.05, 4.69) is 64.3 Å². The Bertz CT molecular complexity index is 1190. The fraction of sp³-hybridized carbons (Fsp3) is 0.0435. The molecule has 8 bridgehead atoms.